The van der Waals surface area contributed by atoms with E-state index in [2.05, 4.69) is 55.7 Å². The van der Waals surface area contributed by atoms with Crippen molar-refractivity contribution in [1.82, 2.24) is 5.43 Å². The summed E-state index contributed by atoms with van der Waals surface area (Å²) in [6.07, 6.45) is 2.06. The van der Waals surface area contributed by atoms with E-state index in [0.717, 1.165) is 12.8 Å². The van der Waals surface area contributed by atoms with Gasteiger partial charge >= 0.3 is 0 Å². The molecule has 0 saturated heterocycles. The molecular weight excluding hydrogens is 240 g/mol. The molecule has 1 unspecified atom stereocenters. The molecule has 0 saturated carbocycles. The first-order chi connectivity index (χ1) is 8.72. The predicted octanol–water partition coefficient (Wildman–Crippen LogP) is 3.37. The molecule has 0 bridgehead atoms. The average molecular weight is 260 g/mol. The molecule has 1 aromatic heterocycles. The van der Waals surface area contributed by atoms with Gasteiger partial charge < -0.3 is 0 Å². The molecule has 0 amide bonds. The Kier molecular flexibility index (Phi) is 4.53. The molecule has 3 heteroatoms. The van der Waals surface area contributed by atoms with Gasteiger partial charge in [0.05, 0.1) is 6.04 Å². The fourth-order valence-electron chi connectivity index (χ4n) is 2.08. The fourth-order valence-corrected chi connectivity index (χ4v) is 3.09. The summed E-state index contributed by atoms with van der Waals surface area (Å²) >= 11 is 1.88. The lowest BCUT2D eigenvalue weighted by molar-refractivity contribution is 0.555. The van der Waals surface area contributed by atoms with Gasteiger partial charge in [-0.15, -0.1) is 11.3 Å². The lowest BCUT2D eigenvalue weighted by atomic mass is 10.0. The Hall–Kier alpha value is -1.16. The van der Waals surface area contributed by atoms with E-state index in [0.29, 0.717) is 0 Å². The minimum absolute atomic E-state index is 0.188. The van der Waals surface area contributed by atoms with Crippen LogP contribution in [0.25, 0.3) is 0 Å². The Morgan fingerprint density at radius 1 is 1.22 bits per heavy atom. The summed E-state index contributed by atoms with van der Waals surface area (Å²) in [7, 11) is 0. The number of benzene rings is 1. The van der Waals surface area contributed by atoms with Crippen molar-refractivity contribution in [3.63, 3.8) is 0 Å². The second-order valence-corrected chi connectivity index (χ2v) is 5.81. The smallest absolute Gasteiger partial charge is 0.0508 e. The normalized spacial score (nSPS) is 12.6. The topological polar surface area (TPSA) is 38.0 Å². The van der Waals surface area contributed by atoms with Crippen LogP contribution in [-0.2, 0) is 12.8 Å². The van der Waals surface area contributed by atoms with Crippen LogP contribution in [0.5, 0.6) is 0 Å². The molecule has 1 aromatic carbocycles. The summed E-state index contributed by atoms with van der Waals surface area (Å²) in [5.41, 5.74) is 5.45. The molecular formula is C15H20N2S. The van der Waals surface area contributed by atoms with Gasteiger partial charge in [-0.1, -0.05) is 36.8 Å². The minimum atomic E-state index is 0.188. The Morgan fingerprint density at radius 3 is 2.61 bits per heavy atom. The molecule has 0 spiro atoms. The van der Waals surface area contributed by atoms with Gasteiger partial charge in [-0.25, -0.2) is 0 Å². The summed E-state index contributed by atoms with van der Waals surface area (Å²) in [5, 5.41) is 0. The average Bonchev–Trinajstić information content (AvgIpc) is 2.83. The van der Waals surface area contributed by atoms with E-state index in [9.17, 15) is 0 Å². The molecule has 0 fully saturated rings. The lowest BCUT2D eigenvalue weighted by Gasteiger charge is -2.16. The molecule has 96 valence electrons. The molecule has 2 nitrogen and oxygen atoms in total. The number of rotatable bonds is 5. The van der Waals surface area contributed by atoms with Crippen LogP contribution in [0.1, 0.15) is 33.8 Å². The molecule has 0 aliphatic carbocycles. The zero-order valence-electron chi connectivity index (χ0n) is 10.9. The maximum absolute atomic E-state index is 5.70. The van der Waals surface area contributed by atoms with Gasteiger partial charge in [0.2, 0.25) is 0 Å². The third-order valence-electron chi connectivity index (χ3n) is 3.12. The predicted molar refractivity (Wildman–Crippen MR) is 78.6 cm³/mol. The van der Waals surface area contributed by atoms with Crippen molar-refractivity contribution >= 4 is 11.3 Å². The molecule has 2 aromatic rings. The lowest BCUT2D eigenvalue weighted by Crippen LogP contribution is -2.29. The number of hydrogen-bond donors (Lipinski definition) is 2. The molecule has 0 radical (unpaired) electrons. The summed E-state index contributed by atoms with van der Waals surface area (Å²) in [5.74, 6) is 5.70. The van der Waals surface area contributed by atoms with Crippen molar-refractivity contribution in [3.8, 4) is 0 Å². The van der Waals surface area contributed by atoms with Crippen LogP contribution in [0.4, 0.5) is 0 Å². The maximum atomic E-state index is 5.70. The maximum Gasteiger partial charge on any atom is 0.0508 e. The first kappa shape index (κ1) is 13.3. The first-order valence-corrected chi connectivity index (χ1v) is 7.15. The van der Waals surface area contributed by atoms with Crippen molar-refractivity contribution in [2.45, 2.75) is 32.7 Å². The highest BCUT2D eigenvalue weighted by atomic mass is 32.1. The summed E-state index contributed by atoms with van der Waals surface area (Å²) in [6.45, 7) is 4.30. The van der Waals surface area contributed by atoms with Gasteiger partial charge in [-0.3, -0.25) is 11.3 Å². The van der Waals surface area contributed by atoms with Gasteiger partial charge in [0, 0.05) is 16.2 Å². The molecule has 0 aliphatic rings. The summed E-state index contributed by atoms with van der Waals surface area (Å²) in [6, 6.07) is 13.1. The monoisotopic (exact) mass is 260 g/mol. The molecule has 2 rings (SSSR count). The van der Waals surface area contributed by atoms with Gasteiger partial charge in [0.15, 0.2) is 0 Å². The third-order valence-corrected chi connectivity index (χ3v) is 4.37. The first-order valence-electron chi connectivity index (χ1n) is 6.33. The highest BCUT2D eigenvalue weighted by Gasteiger charge is 2.11. The molecule has 0 aliphatic heterocycles. The van der Waals surface area contributed by atoms with Crippen molar-refractivity contribution in [3.05, 3.63) is 57.3 Å². The number of aryl methyl sites for hydroxylation is 2. The molecule has 1 atom stereocenters. The van der Waals surface area contributed by atoms with E-state index >= 15 is 0 Å². The standard InChI is InChI=1S/C15H20N2S/c1-3-13-7-8-14(18-13)10-15(17-16)12-6-4-5-11(2)9-12/h4-9,15,17H,3,10,16H2,1-2H3. The number of hydrazine groups is 1. The van der Waals surface area contributed by atoms with Crippen LogP contribution in [0.3, 0.4) is 0 Å². The van der Waals surface area contributed by atoms with Crippen molar-refractivity contribution < 1.29 is 0 Å². The van der Waals surface area contributed by atoms with Crippen LogP contribution in [0.15, 0.2) is 36.4 Å². The summed E-state index contributed by atoms with van der Waals surface area (Å²) < 4.78 is 0. The second kappa shape index (κ2) is 6.14. The second-order valence-electron chi connectivity index (χ2n) is 4.56. The number of nitrogens with one attached hydrogen (secondary N) is 1. The highest BCUT2D eigenvalue weighted by molar-refractivity contribution is 7.11. The van der Waals surface area contributed by atoms with E-state index in [1.165, 1.54) is 20.9 Å². The Bertz CT molecular complexity index is 505. The Morgan fingerprint density at radius 2 is 2.00 bits per heavy atom. The van der Waals surface area contributed by atoms with Crippen LogP contribution in [-0.4, -0.2) is 0 Å². The van der Waals surface area contributed by atoms with E-state index in [1.807, 2.05) is 11.3 Å². The Labute approximate surface area is 113 Å². The van der Waals surface area contributed by atoms with Gasteiger partial charge in [0.1, 0.15) is 0 Å². The highest BCUT2D eigenvalue weighted by Crippen LogP contribution is 2.24. The van der Waals surface area contributed by atoms with Crippen molar-refractivity contribution in [2.75, 3.05) is 0 Å². The Balaban J connectivity index is 2.14. The molecule has 3 N–H and O–H groups in total. The van der Waals surface area contributed by atoms with Crippen LogP contribution < -0.4 is 11.3 Å². The third kappa shape index (κ3) is 3.19. The van der Waals surface area contributed by atoms with Crippen LogP contribution in [0.2, 0.25) is 0 Å². The quantitative estimate of drug-likeness (QED) is 0.639. The van der Waals surface area contributed by atoms with E-state index in [1.54, 1.807) is 0 Å². The van der Waals surface area contributed by atoms with Gasteiger partial charge in [-0.2, -0.15) is 0 Å². The zero-order chi connectivity index (χ0) is 13.0. The minimum Gasteiger partial charge on any atom is -0.271 e. The number of nitrogens with two attached hydrogens (primary N) is 1. The van der Waals surface area contributed by atoms with Crippen molar-refractivity contribution in [1.29, 1.82) is 0 Å². The fraction of sp³-hybridized carbons (Fsp3) is 0.333. The van der Waals surface area contributed by atoms with Gasteiger partial charge in [0.25, 0.3) is 0 Å². The van der Waals surface area contributed by atoms with E-state index in [-0.39, 0.29) is 6.04 Å². The van der Waals surface area contributed by atoms with Crippen LogP contribution >= 0.6 is 11.3 Å². The SMILES string of the molecule is CCc1ccc(CC(NN)c2cccc(C)c2)s1. The number of thiophene rings is 1. The van der Waals surface area contributed by atoms with E-state index in [4.69, 9.17) is 5.84 Å². The molecule has 18 heavy (non-hydrogen) atoms. The number of hydrogen-bond acceptors (Lipinski definition) is 3. The zero-order valence-corrected chi connectivity index (χ0v) is 11.8. The van der Waals surface area contributed by atoms with Crippen LogP contribution in [0, 0.1) is 6.92 Å². The molecule has 1 heterocycles. The van der Waals surface area contributed by atoms with Gasteiger partial charge in [-0.05, 0) is 31.0 Å². The largest absolute Gasteiger partial charge is 0.271 e. The van der Waals surface area contributed by atoms with E-state index < -0.39 is 0 Å². The van der Waals surface area contributed by atoms with Crippen molar-refractivity contribution in [2.24, 2.45) is 5.84 Å². The summed E-state index contributed by atoms with van der Waals surface area (Å²) in [4.78, 5) is 2.82.